The van der Waals surface area contributed by atoms with E-state index in [1.54, 1.807) is 18.2 Å². The summed E-state index contributed by atoms with van der Waals surface area (Å²) in [5.41, 5.74) is 0.990. The first-order valence-corrected chi connectivity index (χ1v) is 6.76. The van der Waals surface area contributed by atoms with Crippen LogP contribution in [-0.2, 0) is 9.59 Å². The van der Waals surface area contributed by atoms with Gasteiger partial charge in [0, 0.05) is 29.8 Å². The maximum atomic E-state index is 12.0. The van der Waals surface area contributed by atoms with Crippen molar-refractivity contribution in [1.29, 1.82) is 0 Å². The summed E-state index contributed by atoms with van der Waals surface area (Å²) in [4.78, 5) is 25.1. The van der Waals surface area contributed by atoms with Crippen molar-refractivity contribution in [3.63, 3.8) is 0 Å². The minimum Gasteiger partial charge on any atom is -0.395 e. The molecule has 2 amide bonds. The Bertz CT molecular complexity index is 585. The fourth-order valence-electron chi connectivity index (χ4n) is 2.03. The van der Waals surface area contributed by atoms with Crippen molar-refractivity contribution >= 4 is 29.1 Å². The van der Waals surface area contributed by atoms with E-state index in [2.05, 4.69) is 11.8 Å². The second-order valence-corrected chi connectivity index (χ2v) is 4.85. The SMILES string of the molecule is O=C1CCCC(=O)N1c1cc(Cl)ccc1C#CCCO. The molecule has 1 aromatic carbocycles. The molecule has 1 N–H and O–H groups in total. The monoisotopic (exact) mass is 291 g/mol. The quantitative estimate of drug-likeness (QED) is 0.671. The molecule has 0 bridgehead atoms. The van der Waals surface area contributed by atoms with Gasteiger partial charge < -0.3 is 5.11 Å². The van der Waals surface area contributed by atoms with Crippen molar-refractivity contribution in [2.75, 3.05) is 11.5 Å². The lowest BCUT2D eigenvalue weighted by atomic mass is 10.1. The molecule has 0 atom stereocenters. The molecule has 20 heavy (non-hydrogen) atoms. The molecular formula is C15H14ClNO3. The third-order valence-electron chi connectivity index (χ3n) is 2.94. The van der Waals surface area contributed by atoms with E-state index in [1.165, 1.54) is 4.90 Å². The van der Waals surface area contributed by atoms with Gasteiger partial charge >= 0.3 is 0 Å². The van der Waals surface area contributed by atoms with Gasteiger partial charge in [0.2, 0.25) is 11.8 Å². The average molecular weight is 292 g/mol. The second-order valence-electron chi connectivity index (χ2n) is 4.41. The summed E-state index contributed by atoms with van der Waals surface area (Å²) < 4.78 is 0. The van der Waals surface area contributed by atoms with Crippen LogP contribution in [0.25, 0.3) is 0 Å². The van der Waals surface area contributed by atoms with Crippen molar-refractivity contribution in [3.05, 3.63) is 28.8 Å². The summed E-state index contributed by atoms with van der Waals surface area (Å²) in [5.74, 6) is 5.20. The van der Waals surface area contributed by atoms with Crippen LogP contribution in [0.4, 0.5) is 5.69 Å². The number of amides is 2. The first-order chi connectivity index (χ1) is 9.63. The van der Waals surface area contributed by atoms with Crippen LogP contribution in [0.1, 0.15) is 31.2 Å². The largest absolute Gasteiger partial charge is 0.395 e. The number of imide groups is 1. The normalized spacial score (nSPS) is 15.0. The number of anilines is 1. The number of carbonyl (C=O) groups excluding carboxylic acids is 2. The van der Waals surface area contributed by atoms with Gasteiger partial charge in [-0.2, -0.15) is 0 Å². The lowest BCUT2D eigenvalue weighted by molar-refractivity contribution is -0.129. The molecule has 0 spiro atoms. The summed E-state index contributed by atoms with van der Waals surface area (Å²) in [6.45, 7) is -0.0303. The molecule has 104 valence electrons. The van der Waals surface area contributed by atoms with Crippen LogP contribution in [0.3, 0.4) is 0 Å². The zero-order valence-corrected chi connectivity index (χ0v) is 11.6. The Balaban J connectivity index is 2.43. The van der Waals surface area contributed by atoms with E-state index in [0.717, 1.165) is 0 Å². The maximum absolute atomic E-state index is 12.0. The Morgan fingerprint density at radius 1 is 1.25 bits per heavy atom. The highest BCUT2D eigenvalue weighted by Crippen LogP contribution is 2.28. The number of nitrogens with zero attached hydrogens (tertiary/aromatic N) is 1. The molecule has 0 unspecified atom stereocenters. The van der Waals surface area contributed by atoms with Crippen LogP contribution in [0.5, 0.6) is 0 Å². The van der Waals surface area contributed by atoms with Gasteiger partial charge in [0.05, 0.1) is 12.3 Å². The molecule has 0 radical (unpaired) electrons. The lowest BCUT2D eigenvalue weighted by Gasteiger charge is -2.26. The number of hydrogen-bond acceptors (Lipinski definition) is 3. The predicted molar refractivity (Wildman–Crippen MR) is 76.4 cm³/mol. The fourth-order valence-corrected chi connectivity index (χ4v) is 2.20. The van der Waals surface area contributed by atoms with Crippen LogP contribution >= 0.6 is 11.6 Å². The predicted octanol–water partition coefficient (Wildman–Crippen LogP) is 2.12. The van der Waals surface area contributed by atoms with E-state index < -0.39 is 0 Å². The van der Waals surface area contributed by atoms with Crippen molar-refractivity contribution in [2.45, 2.75) is 25.7 Å². The third-order valence-corrected chi connectivity index (χ3v) is 3.18. The summed E-state index contributed by atoms with van der Waals surface area (Å²) >= 11 is 5.96. The Morgan fingerprint density at radius 2 is 1.95 bits per heavy atom. The van der Waals surface area contributed by atoms with Gasteiger partial charge in [-0.25, -0.2) is 4.90 Å². The van der Waals surface area contributed by atoms with Crippen LogP contribution in [0.15, 0.2) is 18.2 Å². The van der Waals surface area contributed by atoms with Crippen molar-refractivity contribution in [2.24, 2.45) is 0 Å². The summed E-state index contributed by atoms with van der Waals surface area (Å²) in [6.07, 6.45) is 1.62. The van der Waals surface area contributed by atoms with E-state index in [4.69, 9.17) is 16.7 Å². The van der Waals surface area contributed by atoms with E-state index in [0.29, 0.717) is 42.0 Å². The molecule has 0 aromatic heterocycles. The standard InChI is InChI=1S/C15H14ClNO3/c16-12-8-7-11(4-1-2-9-18)13(10-12)17-14(19)5-3-6-15(17)20/h7-8,10,18H,2-3,5-6,9H2. The Kier molecular flexibility index (Phi) is 4.78. The van der Waals surface area contributed by atoms with Crippen molar-refractivity contribution in [1.82, 2.24) is 0 Å². The van der Waals surface area contributed by atoms with Crippen molar-refractivity contribution in [3.8, 4) is 11.8 Å². The smallest absolute Gasteiger partial charge is 0.233 e. The van der Waals surface area contributed by atoms with Crippen LogP contribution in [-0.4, -0.2) is 23.5 Å². The Labute approximate surface area is 122 Å². The number of benzene rings is 1. The second kappa shape index (κ2) is 6.56. The van der Waals surface area contributed by atoms with Crippen LogP contribution in [0, 0.1) is 11.8 Å². The highest BCUT2D eigenvalue weighted by atomic mass is 35.5. The average Bonchev–Trinajstić information content (AvgIpc) is 2.41. The summed E-state index contributed by atoms with van der Waals surface area (Å²) in [7, 11) is 0. The molecule has 1 aromatic rings. The van der Waals surface area contributed by atoms with Crippen LogP contribution in [0.2, 0.25) is 5.02 Å². The molecule has 1 heterocycles. The third kappa shape index (κ3) is 3.19. The number of hydrogen-bond donors (Lipinski definition) is 1. The van der Waals surface area contributed by atoms with Crippen LogP contribution < -0.4 is 4.90 Å². The molecule has 4 nitrogen and oxygen atoms in total. The van der Waals surface area contributed by atoms with Gasteiger partial charge in [-0.1, -0.05) is 23.4 Å². The van der Waals surface area contributed by atoms with Gasteiger partial charge in [0.25, 0.3) is 0 Å². The topological polar surface area (TPSA) is 57.6 Å². The van der Waals surface area contributed by atoms with E-state index in [9.17, 15) is 9.59 Å². The number of carbonyl (C=O) groups is 2. The van der Waals surface area contributed by atoms with Gasteiger partial charge in [-0.3, -0.25) is 9.59 Å². The molecule has 0 aliphatic carbocycles. The highest BCUT2D eigenvalue weighted by molar-refractivity contribution is 6.31. The van der Waals surface area contributed by atoms with E-state index >= 15 is 0 Å². The zero-order chi connectivity index (χ0) is 14.5. The maximum Gasteiger partial charge on any atom is 0.233 e. The number of aliphatic hydroxyl groups excluding tert-OH is 1. The Morgan fingerprint density at radius 3 is 2.60 bits per heavy atom. The van der Waals surface area contributed by atoms with Gasteiger partial charge in [0.1, 0.15) is 0 Å². The first kappa shape index (κ1) is 14.6. The lowest BCUT2D eigenvalue weighted by Crippen LogP contribution is -2.40. The molecule has 1 aliphatic rings. The minimum absolute atomic E-state index is 0.0303. The molecule has 0 saturated carbocycles. The zero-order valence-electron chi connectivity index (χ0n) is 10.9. The van der Waals surface area contributed by atoms with Gasteiger partial charge in [-0.15, -0.1) is 0 Å². The van der Waals surface area contributed by atoms with Crippen molar-refractivity contribution < 1.29 is 14.7 Å². The van der Waals surface area contributed by atoms with Gasteiger partial charge in [0.15, 0.2) is 0 Å². The molecule has 1 fully saturated rings. The first-order valence-electron chi connectivity index (χ1n) is 6.38. The molecule has 1 aliphatic heterocycles. The highest BCUT2D eigenvalue weighted by Gasteiger charge is 2.28. The minimum atomic E-state index is -0.228. The number of piperidine rings is 1. The fraction of sp³-hybridized carbons (Fsp3) is 0.333. The molecular weight excluding hydrogens is 278 g/mol. The number of aliphatic hydroxyl groups is 1. The van der Waals surface area contributed by atoms with E-state index in [-0.39, 0.29) is 18.4 Å². The van der Waals surface area contributed by atoms with E-state index in [1.807, 2.05) is 0 Å². The summed E-state index contributed by atoms with van der Waals surface area (Å²) in [5, 5.41) is 9.19. The van der Waals surface area contributed by atoms with Gasteiger partial charge in [-0.05, 0) is 24.6 Å². The molecule has 2 rings (SSSR count). The molecule has 5 heteroatoms. The number of rotatable bonds is 2. The summed E-state index contributed by atoms with van der Waals surface area (Å²) in [6, 6.07) is 4.91. The Hall–Kier alpha value is -1.83. The molecule has 1 saturated heterocycles. The number of halogens is 1.